The highest BCUT2D eigenvalue weighted by Crippen LogP contribution is 2.23. The van der Waals surface area contributed by atoms with Gasteiger partial charge in [-0.3, -0.25) is 9.48 Å². The van der Waals surface area contributed by atoms with Crippen LogP contribution in [0.5, 0.6) is 0 Å². The first-order valence-corrected chi connectivity index (χ1v) is 8.72. The van der Waals surface area contributed by atoms with Crippen LogP contribution in [0.4, 0.5) is 0 Å². The van der Waals surface area contributed by atoms with Gasteiger partial charge in [0.1, 0.15) is 0 Å². The lowest BCUT2D eigenvalue weighted by Gasteiger charge is -2.26. The number of carbonyl (C=O) groups excluding carboxylic acids is 1. The second kappa shape index (κ2) is 6.76. The van der Waals surface area contributed by atoms with Gasteiger partial charge in [-0.05, 0) is 12.5 Å². The molecule has 7 nitrogen and oxygen atoms in total. The molecule has 0 aliphatic carbocycles. The normalized spacial score (nSPS) is 14.9. The zero-order chi connectivity index (χ0) is 18.1. The number of nitrogens with zero attached hydrogens (tertiary/aromatic N) is 4. The van der Waals surface area contributed by atoms with E-state index in [0.29, 0.717) is 43.2 Å². The molecule has 2 aromatic heterocycles. The predicted octanol–water partition coefficient (Wildman–Crippen LogP) is 2.64. The van der Waals surface area contributed by atoms with E-state index >= 15 is 0 Å². The largest absolute Gasteiger partial charge is 0.387 e. The van der Waals surface area contributed by atoms with Crippen LogP contribution < -0.4 is 0 Å². The number of benzene rings is 1. The minimum Gasteiger partial charge on any atom is -0.387 e. The number of carbonyl (C=O) groups is 1. The van der Waals surface area contributed by atoms with Gasteiger partial charge < -0.3 is 14.5 Å². The van der Waals surface area contributed by atoms with Gasteiger partial charge >= 0.3 is 0 Å². The molecule has 26 heavy (non-hydrogen) atoms. The summed E-state index contributed by atoms with van der Waals surface area (Å²) in [5.74, 6) is 0.408. The molecule has 0 spiro atoms. The number of hydrogen-bond donors (Lipinski definition) is 1. The summed E-state index contributed by atoms with van der Waals surface area (Å²) >= 11 is 0. The number of hydrogen-bond acceptors (Lipinski definition) is 5. The molecule has 0 bridgehead atoms. The van der Waals surface area contributed by atoms with Crippen LogP contribution in [-0.4, -0.2) is 37.4 Å². The number of amides is 1. The van der Waals surface area contributed by atoms with E-state index in [1.54, 1.807) is 11.0 Å². The summed E-state index contributed by atoms with van der Waals surface area (Å²) in [6.45, 7) is 3.49. The first-order chi connectivity index (χ1) is 12.7. The van der Waals surface area contributed by atoms with Crippen molar-refractivity contribution in [1.29, 1.82) is 0 Å². The highest BCUT2D eigenvalue weighted by Gasteiger charge is 2.26. The molecule has 1 aliphatic rings. The van der Waals surface area contributed by atoms with Crippen LogP contribution in [0.3, 0.4) is 0 Å². The Balaban J connectivity index is 1.51. The standard InChI is InChI=1S/C19H20N4O3/c1-2-17(24)15-10-14-12-22(8-9-23(14)20-15)19(25)16-11-18(26-21-16)13-6-4-3-5-7-13/h3-7,10-11,17,24H,2,8-9,12H2,1H3/t17-/m0/s1. The second-order valence-corrected chi connectivity index (χ2v) is 6.38. The van der Waals surface area contributed by atoms with Crippen LogP contribution >= 0.6 is 0 Å². The molecule has 1 atom stereocenters. The van der Waals surface area contributed by atoms with Crippen LogP contribution in [0.15, 0.2) is 47.0 Å². The average Bonchev–Trinajstić information content (AvgIpc) is 3.34. The zero-order valence-electron chi connectivity index (χ0n) is 14.5. The van der Waals surface area contributed by atoms with Crippen LogP contribution in [0.1, 0.15) is 41.3 Å². The third-order valence-electron chi connectivity index (χ3n) is 4.62. The quantitative estimate of drug-likeness (QED) is 0.780. The van der Waals surface area contributed by atoms with Crippen molar-refractivity contribution in [3.8, 4) is 11.3 Å². The fourth-order valence-corrected chi connectivity index (χ4v) is 3.11. The maximum atomic E-state index is 12.8. The van der Waals surface area contributed by atoms with Gasteiger partial charge in [0, 0.05) is 18.2 Å². The topological polar surface area (TPSA) is 84.4 Å². The van der Waals surface area contributed by atoms with Gasteiger partial charge in [0.15, 0.2) is 11.5 Å². The lowest BCUT2D eigenvalue weighted by atomic mass is 10.1. The minimum absolute atomic E-state index is 0.166. The van der Waals surface area contributed by atoms with Crippen molar-refractivity contribution < 1.29 is 14.4 Å². The van der Waals surface area contributed by atoms with E-state index in [1.165, 1.54) is 0 Å². The molecule has 0 saturated heterocycles. The molecule has 3 heterocycles. The summed E-state index contributed by atoms with van der Waals surface area (Å²) in [5.41, 5.74) is 2.75. The number of aliphatic hydroxyl groups is 1. The smallest absolute Gasteiger partial charge is 0.276 e. The highest BCUT2D eigenvalue weighted by atomic mass is 16.5. The maximum Gasteiger partial charge on any atom is 0.276 e. The second-order valence-electron chi connectivity index (χ2n) is 6.38. The molecule has 1 aliphatic heterocycles. The Hall–Kier alpha value is -2.93. The van der Waals surface area contributed by atoms with Gasteiger partial charge in [-0.15, -0.1) is 0 Å². The van der Waals surface area contributed by atoms with Crippen LogP contribution in [0.2, 0.25) is 0 Å². The molecule has 0 fully saturated rings. The molecule has 1 amide bonds. The molecular formula is C19H20N4O3. The minimum atomic E-state index is -0.568. The molecule has 1 N–H and O–H groups in total. The Bertz CT molecular complexity index is 916. The molecule has 0 radical (unpaired) electrons. The fraction of sp³-hybridized carbons (Fsp3) is 0.316. The summed E-state index contributed by atoms with van der Waals surface area (Å²) in [5, 5.41) is 18.3. The average molecular weight is 352 g/mol. The lowest BCUT2D eigenvalue weighted by Crippen LogP contribution is -2.38. The van der Waals surface area contributed by atoms with Crippen molar-refractivity contribution in [2.75, 3.05) is 6.54 Å². The predicted molar refractivity (Wildman–Crippen MR) is 94.2 cm³/mol. The van der Waals surface area contributed by atoms with Crippen molar-refractivity contribution in [1.82, 2.24) is 19.8 Å². The number of fused-ring (bicyclic) bond motifs is 1. The van der Waals surface area contributed by atoms with E-state index < -0.39 is 6.10 Å². The SMILES string of the molecule is CC[C@H](O)c1cc2n(n1)CCN(C(=O)c1cc(-c3ccccc3)on1)C2. The fourth-order valence-electron chi connectivity index (χ4n) is 3.11. The van der Waals surface area contributed by atoms with Crippen molar-refractivity contribution in [3.05, 3.63) is 59.5 Å². The van der Waals surface area contributed by atoms with Crippen LogP contribution in [0, 0.1) is 0 Å². The van der Waals surface area contributed by atoms with Gasteiger partial charge in [0.05, 0.1) is 30.6 Å². The molecule has 3 aromatic rings. The first kappa shape index (κ1) is 16.5. The summed E-state index contributed by atoms with van der Waals surface area (Å²) in [4.78, 5) is 14.5. The third kappa shape index (κ3) is 3.01. The highest BCUT2D eigenvalue weighted by molar-refractivity contribution is 5.93. The first-order valence-electron chi connectivity index (χ1n) is 8.72. The van der Waals surface area contributed by atoms with Gasteiger partial charge in [0.2, 0.25) is 0 Å². The van der Waals surface area contributed by atoms with Crippen LogP contribution in [0.25, 0.3) is 11.3 Å². The summed E-state index contributed by atoms with van der Waals surface area (Å²) in [7, 11) is 0. The van der Waals surface area contributed by atoms with E-state index in [4.69, 9.17) is 4.52 Å². The van der Waals surface area contributed by atoms with E-state index in [0.717, 1.165) is 11.3 Å². The maximum absolute atomic E-state index is 12.8. The Morgan fingerprint density at radius 2 is 2.08 bits per heavy atom. The van der Waals surface area contributed by atoms with Crippen molar-refractivity contribution in [2.24, 2.45) is 0 Å². The molecular weight excluding hydrogens is 332 g/mol. The van der Waals surface area contributed by atoms with Crippen molar-refractivity contribution in [2.45, 2.75) is 32.5 Å². The zero-order valence-corrected chi connectivity index (χ0v) is 14.5. The van der Waals surface area contributed by atoms with Gasteiger partial charge in [-0.25, -0.2) is 0 Å². The van der Waals surface area contributed by atoms with Crippen molar-refractivity contribution >= 4 is 5.91 Å². The summed E-state index contributed by atoms with van der Waals surface area (Å²) in [6, 6.07) is 13.1. The monoisotopic (exact) mass is 352 g/mol. The van der Waals surface area contributed by atoms with E-state index in [1.807, 2.05) is 48.0 Å². The van der Waals surface area contributed by atoms with E-state index in [-0.39, 0.29) is 5.91 Å². The molecule has 7 heteroatoms. The van der Waals surface area contributed by atoms with E-state index in [2.05, 4.69) is 10.3 Å². The molecule has 134 valence electrons. The van der Waals surface area contributed by atoms with Gasteiger partial charge in [-0.2, -0.15) is 5.10 Å². The molecule has 1 aromatic carbocycles. The van der Waals surface area contributed by atoms with Crippen LogP contribution in [-0.2, 0) is 13.1 Å². The lowest BCUT2D eigenvalue weighted by molar-refractivity contribution is 0.0695. The van der Waals surface area contributed by atoms with E-state index in [9.17, 15) is 9.90 Å². The molecule has 4 rings (SSSR count). The number of aliphatic hydroxyl groups excluding tert-OH is 1. The summed E-state index contributed by atoms with van der Waals surface area (Å²) < 4.78 is 7.19. The Morgan fingerprint density at radius 3 is 2.85 bits per heavy atom. The Kier molecular flexibility index (Phi) is 4.30. The summed E-state index contributed by atoms with van der Waals surface area (Å²) in [6.07, 6.45) is 0.0431. The number of aromatic nitrogens is 3. The Labute approximate surface area is 150 Å². The van der Waals surface area contributed by atoms with Gasteiger partial charge in [0.25, 0.3) is 5.91 Å². The Morgan fingerprint density at radius 1 is 1.27 bits per heavy atom. The molecule has 0 saturated carbocycles. The number of rotatable bonds is 4. The van der Waals surface area contributed by atoms with Gasteiger partial charge in [-0.1, -0.05) is 42.4 Å². The molecule has 0 unspecified atom stereocenters. The third-order valence-corrected chi connectivity index (χ3v) is 4.62. The van der Waals surface area contributed by atoms with Crippen molar-refractivity contribution in [3.63, 3.8) is 0 Å².